The lowest BCUT2D eigenvalue weighted by molar-refractivity contribution is -0.138. The lowest BCUT2D eigenvalue weighted by atomic mass is 10.0. The number of rotatable bonds is 0. The smallest absolute Gasteiger partial charge is 0.352 e. The highest BCUT2D eigenvalue weighted by Crippen LogP contribution is 2.41. The van der Waals surface area contributed by atoms with E-state index in [-0.39, 0.29) is 0 Å². The molecule has 2 aliphatic rings. The number of thioether (sulfide) groups is 1. The van der Waals surface area contributed by atoms with Crippen molar-refractivity contribution in [3.63, 3.8) is 0 Å². The second kappa shape index (κ2) is 4.33. The van der Waals surface area contributed by atoms with Crippen molar-refractivity contribution in [2.75, 3.05) is 17.2 Å². The van der Waals surface area contributed by atoms with Crippen LogP contribution in [0.15, 0.2) is 17.2 Å². The second-order valence-electron chi connectivity index (χ2n) is 4.70. The molecule has 0 N–H and O–H groups in total. The minimum atomic E-state index is -4.30. The number of fused-ring (bicyclic) bond motifs is 3. The molecule has 0 amide bonds. The van der Waals surface area contributed by atoms with Gasteiger partial charge >= 0.3 is 6.18 Å². The molecule has 1 unspecified atom stereocenters. The topological polar surface area (TPSA) is 16.1 Å². The monoisotopic (exact) mass is 274 g/mol. The Kier molecular flexibility index (Phi) is 2.92. The van der Waals surface area contributed by atoms with Crippen molar-refractivity contribution in [2.24, 2.45) is 0 Å². The number of hydrogen-bond acceptors (Lipinski definition) is 3. The third-order valence-corrected chi connectivity index (χ3v) is 4.65. The first kappa shape index (κ1) is 12.1. The van der Waals surface area contributed by atoms with E-state index in [1.54, 1.807) is 0 Å². The molecule has 0 saturated carbocycles. The average Bonchev–Trinajstić information content (AvgIpc) is 2.37. The zero-order valence-electron chi connectivity index (χ0n) is 9.70. The van der Waals surface area contributed by atoms with Crippen molar-refractivity contribution in [3.05, 3.63) is 17.8 Å². The van der Waals surface area contributed by atoms with Crippen molar-refractivity contribution >= 4 is 17.6 Å². The van der Waals surface area contributed by atoms with Crippen LogP contribution in [0.3, 0.4) is 0 Å². The van der Waals surface area contributed by atoms with E-state index in [2.05, 4.69) is 9.88 Å². The minimum Gasteiger partial charge on any atom is -0.352 e. The van der Waals surface area contributed by atoms with Gasteiger partial charge in [-0.05, 0) is 25.3 Å². The summed E-state index contributed by atoms with van der Waals surface area (Å²) in [4.78, 5) is 6.90. The Morgan fingerprint density at radius 1 is 1.33 bits per heavy atom. The summed E-state index contributed by atoms with van der Waals surface area (Å²) in [5.74, 6) is 1.61. The van der Waals surface area contributed by atoms with Crippen LogP contribution in [0.4, 0.5) is 19.0 Å². The highest BCUT2D eigenvalue weighted by molar-refractivity contribution is 7.99. The quantitative estimate of drug-likeness (QED) is 0.719. The molecule has 1 fully saturated rings. The zero-order chi connectivity index (χ0) is 12.8. The SMILES string of the molecule is FC(F)(F)c1cnc2c(c1)SCC1CCCCN21. The number of hydrogen-bond donors (Lipinski definition) is 0. The van der Waals surface area contributed by atoms with Gasteiger partial charge in [-0.15, -0.1) is 11.8 Å². The molecule has 3 heterocycles. The average molecular weight is 274 g/mol. The summed E-state index contributed by atoms with van der Waals surface area (Å²) >= 11 is 1.50. The first-order valence-corrected chi connectivity index (χ1v) is 7.01. The molecule has 1 aromatic heterocycles. The predicted octanol–water partition coefficient (Wildman–Crippen LogP) is 3.57. The minimum absolute atomic E-state index is 0.445. The lowest BCUT2D eigenvalue weighted by Crippen LogP contribution is -2.44. The van der Waals surface area contributed by atoms with E-state index >= 15 is 0 Å². The molecule has 1 saturated heterocycles. The number of halogens is 3. The predicted molar refractivity (Wildman–Crippen MR) is 64.9 cm³/mol. The van der Waals surface area contributed by atoms with Crippen LogP contribution < -0.4 is 4.90 Å². The van der Waals surface area contributed by atoms with E-state index in [4.69, 9.17) is 0 Å². The van der Waals surface area contributed by atoms with Crippen LogP contribution in [-0.4, -0.2) is 23.3 Å². The number of aromatic nitrogens is 1. The van der Waals surface area contributed by atoms with Crippen LogP contribution in [0, 0.1) is 0 Å². The highest BCUT2D eigenvalue weighted by atomic mass is 32.2. The molecule has 1 aromatic rings. The third kappa shape index (κ3) is 2.06. The van der Waals surface area contributed by atoms with Crippen molar-refractivity contribution in [3.8, 4) is 0 Å². The molecular weight excluding hydrogens is 261 g/mol. The van der Waals surface area contributed by atoms with Gasteiger partial charge in [-0.25, -0.2) is 4.98 Å². The Hall–Kier alpha value is -0.910. The molecule has 6 heteroatoms. The van der Waals surface area contributed by atoms with Crippen LogP contribution in [0.2, 0.25) is 0 Å². The molecule has 3 rings (SSSR count). The summed E-state index contributed by atoms with van der Waals surface area (Å²) in [6, 6.07) is 1.68. The van der Waals surface area contributed by atoms with Gasteiger partial charge in [0.2, 0.25) is 0 Å². The van der Waals surface area contributed by atoms with Crippen LogP contribution in [0.1, 0.15) is 24.8 Å². The largest absolute Gasteiger partial charge is 0.417 e. The standard InChI is InChI=1S/C12H13F3N2S/c13-12(14,15)8-5-10-11(16-6-8)17-4-2-1-3-9(17)7-18-10/h5-6,9H,1-4,7H2. The van der Waals surface area contributed by atoms with Gasteiger partial charge < -0.3 is 4.90 Å². The fraction of sp³-hybridized carbons (Fsp3) is 0.583. The molecule has 0 aromatic carbocycles. The van der Waals surface area contributed by atoms with Crippen molar-refractivity contribution in [1.29, 1.82) is 0 Å². The van der Waals surface area contributed by atoms with Gasteiger partial charge in [0.15, 0.2) is 0 Å². The first-order valence-electron chi connectivity index (χ1n) is 6.02. The first-order chi connectivity index (χ1) is 8.55. The summed E-state index contributed by atoms with van der Waals surface area (Å²) in [6.45, 7) is 0.913. The van der Waals surface area contributed by atoms with Crippen LogP contribution in [0.25, 0.3) is 0 Å². The van der Waals surface area contributed by atoms with Crippen LogP contribution in [-0.2, 0) is 6.18 Å². The van der Waals surface area contributed by atoms with E-state index in [1.807, 2.05) is 0 Å². The Balaban J connectivity index is 1.96. The highest BCUT2D eigenvalue weighted by Gasteiger charge is 2.35. The molecule has 18 heavy (non-hydrogen) atoms. The molecule has 0 bridgehead atoms. The van der Waals surface area contributed by atoms with Crippen molar-refractivity contribution in [1.82, 2.24) is 4.98 Å². The molecule has 1 atom stereocenters. The number of alkyl halides is 3. The van der Waals surface area contributed by atoms with E-state index in [1.165, 1.54) is 24.2 Å². The maximum atomic E-state index is 12.6. The molecule has 0 spiro atoms. The van der Waals surface area contributed by atoms with Crippen molar-refractivity contribution in [2.45, 2.75) is 36.4 Å². The Labute approximate surface area is 108 Å². The molecule has 98 valence electrons. The number of anilines is 1. The number of piperidine rings is 1. The summed E-state index contributed by atoms with van der Waals surface area (Å²) in [5, 5.41) is 0. The Morgan fingerprint density at radius 2 is 2.17 bits per heavy atom. The number of nitrogens with zero attached hydrogens (tertiary/aromatic N) is 2. The molecule has 0 radical (unpaired) electrons. The summed E-state index contributed by atoms with van der Waals surface area (Å²) in [7, 11) is 0. The van der Waals surface area contributed by atoms with E-state index in [0.717, 1.165) is 37.2 Å². The third-order valence-electron chi connectivity index (χ3n) is 3.49. The zero-order valence-corrected chi connectivity index (χ0v) is 10.5. The normalized spacial score (nSPS) is 23.5. The molecule has 0 aliphatic carbocycles. The maximum absolute atomic E-state index is 12.6. The van der Waals surface area contributed by atoms with Gasteiger partial charge in [-0.3, -0.25) is 0 Å². The maximum Gasteiger partial charge on any atom is 0.417 e. The molecular formula is C12H13F3N2S. The van der Waals surface area contributed by atoms with Gasteiger partial charge in [0, 0.05) is 24.5 Å². The molecule has 2 nitrogen and oxygen atoms in total. The van der Waals surface area contributed by atoms with E-state index in [9.17, 15) is 13.2 Å². The van der Waals surface area contributed by atoms with Crippen LogP contribution >= 0.6 is 11.8 Å². The fourth-order valence-electron chi connectivity index (χ4n) is 2.55. The Bertz CT molecular complexity index is 461. The Morgan fingerprint density at radius 3 is 2.94 bits per heavy atom. The van der Waals surface area contributed by atoms with Gasteiger partial charge in [-0.1, -0.05) is 0 Å². The van der Waals surface area contributed by atoms with Gasteiger partial charge in [0.25, 0.3) is 0 Å². The number of pyridine rings is 1. The summed E-state index contributed by atoms with van der Waals surface area (Å²) < 4.78 is 37.9. The van der Waals surface area contributed by atoms with Gasteiger partial charge in [0.05, 0.1) is 10.5 Å². The van der Waals surface area contributed by atoms with Crippen LogP contribution in [0.5, 0.6) is 0 Å². The fourth-order valence-corrected chi connectivity index (χ4v) is 3.78. The van der Waals surface area contributed by atoms with E-state index in [0.29, 0.717) is 10.9 Å². The van der Waals surface area contributed by atoms with Gasteiger partial charge in [0.1, 0.15) is 5.82 Å². The summed E-state index contributed by atoms with van der Waals surface area (Å²) in [5.41, 5.74) is -0.649. The van der Waals surface area contributed by atoms with E-state index < -0.39 is 11.7 Å². The van der Waals surface area contributed by atoms with Gasteiger partial charge in [-0.2, -0.15) is 13.2 Å². The second-order valence-corrected chi connectivity index (χ2v) is 5.76. The summed E-state index contributed by atoms with van der Waals surface area (Å²) in [6.07, 6.45) is 0.0772. The molecule has 2 aliphatic heterocycles. The lowest BCUT2D eigenvalue weighted by Gasteiger charge is -2.40. The van der Waals surface area contributed by atoms with Crippen molar-refractivity contribution < 1.29 is 13.2 Å².